The van der Waals surface area contributed by atoms with Crippen molar-refractivity contribution in [1.29, 1.82) is 0 Å². The molecule has 0 saturated carbocycles. The van der Waals surface area contributed by atoms with Gasteiger partial charge in [0.1, 0.15) is 5.82 Å². The number of hydrogen-bond acceptors (Lipinski definition) is 3. The van der Waals surface area contributed by atoms with Crippen LogP contribution in [0.4, 0.5) is 4.39 Å². The lowest BCUT2D eigenvalue weighted by Crippen LogP contribution is -2.40. The maximum Gasteiger partial charge on any atom is 0.235 e. The van der Waals surface area contributed by atoms with E-state index < -0.39 is 15.9 Å². The Bertz CT molecular complexity index is 872. The van der Waals surface area contributed by atoms with Crippen LogP contribution in [0, 0.1) is 5.82 Å². The molecule has 0 radical (unpaired) electrons. The van der Waals surface area contributed by atoms with Gasteiger partial charge in [-0.3, -0.25) is 4.79 Å². The van der Waals surface area contributed by atoms with Gasteiger partial charge in [-0.15, -0.1) is 0 Å². The van der Waals surface area contributed by atoms with Crippen LogP contribution in [0.3, 0.4) is 0 Å². The van der Waals surface area contributed by atoms with Gasteiger partial charge in [-0.05, 0) is 36.2 Å². The second-order valence-corrected chi connectivity index (χ2v) is 8.35. The second kappa shape index (κ2) is 8.62. The lowest BCUT2D eigenvalue weighted by atomic mass is 10.1. The Labute approximate surface area is 157 Å². The number of nitrogens with one attached hydrogen (secondary N) is 1. The van der Waals surface area contributed by atoms with Crippen LogP contribution in [0.1, 0.15) is 24.1 Å². The summed E-state index contributed by atoms with van der Waals surface area (Å²) in [6, 6.07) is 12.2. The summed E-state index contributed by atoms with van der Waals surface area (Å²) in [6.07, 6.45) is 1.04. The normalized spacial score (nSPS) is 12.8. The van der Waals surface area contributed by atoms with Gasteiger partial charge >= 0.3 is 0 Å². The Hall–Kier alpha value is -1.96. The summed E-state index contributed by atoms with van der Waals surface area (Å²) < 4.78 is 38.1. The van der Waals surface area contributed by atoms with E-state index in [2.05, 4.69) is 5.32 Å². The molecule has 140 valence electrons. The number of halogens is 2. The monoisotopic (exact) mass is 398 g/mol. The molecule has 1 atom stereocenters. The molecular formula is C18H20ClFN2O3S. The molecule has 0 fully saturated rings. The molecule has 0 aromatic heterocycles. The van der Waals surface area contributed by atoms with Crippen LogP contribution < -0.4 is 5.32 Å². The summed E-state index contributed by atoms with van der Waals surface area (Å²) in [7, 11) is -3.62. The predicted octanol–water partition coefficient (Wildman–Crippen LogP) is 3.12. The molecule has 0 saturated heterocycles. The maximum absolute atomic E-state index is 13.0. The maximum atomic E-state index is 13.0. The minimum absolute atomic E-state index is 0.00312. The Kier molecular flexibility index (Phi) is 6.75. The van der Waals surface area contributed by atoms with Crippen LogP contribution in [0.5, 0.6) is 0 Å². The molecule has 2 aromatic carbocycles. The fourth-order valence-electron chi connectivity index (χ4n) is 2.39. The van der Waals surface area contributed by atoms with Crippen LogP contribution in [0.25, 0.3) is 0 Å². The van der Waals surface area contributed by atoms with Crippen LogP contribution in [0.15, 0.2) is 48.5 Å². The van der Waals surface area contributed by atoms with Crippen molar-refractivity contribution in [3.63, 3.8) is 0 Å². The van der Waals surface area contributed by atoms with Gasteiger partial charge in [0.2, 0.25) is 15.9 Å². The Morgan fingerprint density at radius 1 is 1.19 bits per heavy atom. The van der Waals surface area contributed by atoms with Crippen molar-refractivity contribution in [3.8, 4) is 0 Å². The van der Waals surface area contributed by atoms with E-state index in [0.717, 1.165) is 16.1 Å². The first-order valence-corrected chi connectivity index (χ1v) is 10.1. The first-order chi connectivity index (χ1) is 12.2. The minimum atomic E-state index is -3.62. The van der Waals surface area contributed by atoms with Crippen LogP contribution in [-0.2, 0) is 21.4 Å². The third-order valence-corrected chi connectivity index (χ3v) is 5.41. The standard InChI is InChI=1S/C18H20ClFN2O3S/c1-13(14-7-9-16(20)10-8-14)21-18(23)12-22(26(2,24)25)11-15-5-3-4-6-17(15)19/h3-10,13H,11-12H2,1-2H3,(H,21,23)/t13-/m1/s1. The third kappa shape index (κ3) is 5.79. The van der Waals surface area contributed by atoms with Crippen molar-refractivity contribution >= 4 is 27.5 Å². The molecule has 0 spiro atoms. The molecule has 5 nitrogen and oxygen atoms in total. The van der Waals surface area contributed by atoms with Crippen molar-refractivity contribution in [1.82, 2.24) is 9.62 Å². The van der Waals surface area contributed by atoms with E-state index in [9.17, 15) is 17.6 Å². The average Bonchev–Trinajstić information content (AvgIpc) is 2.55. The molecule has 0 heterocycles. The largest absolute Gasteiger partial charge is 0.348 e. The molecule has 8 heteroatoms. The molecular weight excluding hydrogens is 379 g/mol. The van der Waals surface area contributed by atoms with E-state index in [-0.39, 0.29) is 24.9 Å². The Balaban J connectivity index is 2.07. The summed E-state index contributed by atoms with van der Waals surface area (Å²) in [5.41, 5.74) is 1.33. The summed E-state index contributed by atoms with van der Waals surface area (Å²) in [5.74, 6) is -0.824. The van der Waals surface area contributed by atoms with Gasteiger partial charge < -0.3 is 5.32 Å². The summed E-state index contributed by atoms with van der Waals surface area (Å²) >= 11 is 6.08. The number of hydrogen-bond donors (Lipinski definition) is 1. The summed E-state index contributed by atoms with van der Waals surface area (Å²) in [6.45, 7) is 1.40. The van der Waals surface area contributed by atoms with E-state index >= 15 is 0 Å². The molecule has 0 aliphatic heterocycles. The molecule has 26 heavy (non-hydrogen) atoms. The van der Waals surface area contributed by atoms with Crippen LogP contribution >= 0.6 is 11.6 Å². The minimum Gasteiger partial charge on any atom is -0.348 e. The Morgan fingerprint density at radius 2 is 1.81 bits per heavy atom. The van der Waals surface area contributed by atoms with Crippen molar-refractivity contribution in [3.05, 3.63) is 70.5 Å². The van der Waals surface area contributed by atoms with Gasteiger partial charge in [0.05, 0.1) is 18.8 Å². The van der Waals surface area contributed by atoms with Crippen molar-refractivity contribution < 1.29 is 17.6 Å². The highest BCUT2D eigenvalue weighted by Gasteiger charge is 2.22. The van der Waals surface area contributed by atoms with Gasteiger partial charge in [0.15, 0.2) is 0 Å². The lowest BCUT2D eigenvalue weighted by Gasteiger charge is -2.22. The van der Waals surface area contributed by atoms with Gasteiger partial charge in [-0.1, -0.05) is 41.9 Å². The van der Waals surface area contributed by atoms with Crippen molar-refractivity contribution in [2.24, 2.45) is 0 Å². The van der Waals surface area contributed by atoms with E-state index in [1.807, 2.05) is 0 Å². The quantitative estimate of drug-likeness (QED) is 0.779. The van der Waals surface area contributed by atoms with Crippen LogP contribution in [-0.4, -0.2) is 31.4 Å². The molecule has 1 N–H and O–H groups in total. The van der Waals surface area contributed by atoms with Gasteiger partial charge in [0.25, 0.3) is 0 Å². The fourth-order valence-corrected chi connectivity index (χ4v) is 3.31. The predicted molar refractivity (Wildman–Crippen MR) is 99.7 cm³/mol. The van der Waals surface area contributed by atoms with Crippen LogP contribution in [0.2, 0.25) is 5.02 Å². The average molecular weight is 399 g/mol. The zero-order valence-electron chi connectivity index (χ0n) is 14.4. The molecule has 0 aliphatic carbocycles. The molecule has 2 rings (SSSR count). The molecule has 0 unspecified atom stereocenters. The lowest BCUT2D eigenvalue weighted by molar-refractivity contribution is -0.122. The van der Waals surface area contributed by atoms with E-state index in [4.69, 9.17) is 11.6 Å². The number of rotatable bonds is 7. The first kappa shape index (κ1) is 20.4. The van der Waals surface area contributed by atoms with E-state index in [1.54, 1.807) is 43.3 Å². The van der Waals surface area contributed by atoms with E-state index in [0.29, 0.717) is 10.6 Å². The summed E-state index contributed by atoms with van der Waals surface area (Å²) in [5, 5.41) is 3.15. The van der Waals surface area contributed by atoms with Gasteiger partial charge in [-0.2, -0.15) is 4.31 Å². The number of nitrogens with zero attached hydrogens (tertiary/aromatic N) is 1. The highest BCUT2D eigenvalue weighted by Crippen LogP contribution is 2.18. The molecule has 1 amide bonds. The SMILES string of the molecule is C[C@@H](NC(=O)CN(Cc1ccccc1Cl)S(C)(=O)=O)c1ccc(F)cc1. The van der Waals surface area contributed by atoms with Gasteiger partial charge in [0, 0.05) is 11.6 Å². The number of amides is 1. The highest BCUT2D eigenvalue weighted by atomic mass is 35.5. The van der Waals surface area contributed by atoms with E-state index in [1.165, 1.54) is 12.1 Å². The van der Waals surface area contributed by atoms with Crippen molar-refractivity contribution in [2.45, 2.75) is 19.5 Å². The summed E-state index contributed by atoms with van der Waals surface area (Å²) in [4.78, 5) is 12.3. The zero-order chi connectivity index (χ0) is 19.3. The number of carbonyl (C=O) groups is 1. The second-order valence-electron chi connectivity index (χ2n) is 5.96. The first-order valence-electron chi connectivity index (χ1n) is 7.90. The number of benzene rings is 2. The Morgan fingerprint density at radius 3 is 2.38 bits per heavy atom. The number of sulfonamides is 1. The van der Waals surface area contributed by atoms with Crippen molar-refractivity contribution in [2.75, 3.05) is 12.8 Å². The fraction of sp³-hybridized carbons (Fsp3) is 0.278. The molecule has 0 aliphatic rings. The zero-order valence-corrected chi connectivity index (χ0v) is 16.0. The smallest absolute Gasteiger partial charge is 0.235 e. The van der Waals surface area contributed by atoms with Gasteiger partial charge in [-0.25, -0.2) is 12.8 Å². The third-order valence-electron chi connectivity index (χ3n) is 3.84. The molecule has 0 bridgehead atoms. The highest BCUT2D eigenvalue weighted by molar-refractivity contribution is 7.88. The topological polar surface area (TPSA) is 66.5 Å². The number of carbonyl (C=O) groups excluding carboxylic acids is 1. The molecule has 2 aromatic rings.